The van der Waals surface area contributed by atoms with E-state index in [0.29, 0.717) is 0 Å². The van der Waals surface area contributed by atoms with Crippen molar-refractivity contribution in [3.8, 4) is 11.4 Å². The van der Waals surface area contributed by atoms with Gasteiger partial charge < -0.3 is 9.88 Å². The molecule has 0 atom stereocenters. The van der Waals surface area contributed by atoms with Crippen LogP contribution >= 0.6 is 0 Å². The van der Waals surface area contributed by atoms with Crippen LogP contribution in [0.1, 0.15) is 23.6 Å². The molecule has 3 heterocycles. The molecule has 0 aliphatic carbocycles. The van der Waals surface area contributed by atoms with Crippen molar-refractivity contribution in [2.24, 2.45) is 0 Å². The zero-order chi connectivity index (χ0) is 22.7. The molecule has 8 heteroatoms. The summed E-state index contributed by atoms with van der Waals surface area (Å²) in [7, 11) is 0. The van der Waals surface area contributed by atoms with Crippen molar-refractivity contribution in [2.45, 2.75) is 33.4 Å². The Morgan fingerprint density at radius 1 is 1.09 bits per heavy atom. The Kier molecular flexibility index (Phi) is 5.93. The summed E-state index contributed by atoms with van der Waals surface area (Å²) in [6.07, 6.45) is 5.65. The van der Waals surface area contributed by atoms with Crippen LogP contribution in [0.2, 0.25) is 0 Å². The van der Waals surface area contributed by atoms with E-state index in [-0.39, 0.29) is 30.4 Å². The van der Waals surface area contributed by atoms with Crippen molar-refractivity contribution in [2.75, 3.05) is 5.32 Å². The number of pyridine rings is 2. The predicted octanol–water partition coefficient (Wildman–Crippen LogP) is 2.46. The first-order valence-corrected chi connectivity index (χ1v) is 10.3. The zero-order valence-electron chi connectivity index (χ0n) is 17.9. The van der Waals surface area contributed by atoms with E-state index in [1.54, 1.807) is 42.9 Å². The first-order chi connectivity index (χ1) is 15.5. The summed E-state index contributed by atoms with van der Waals surface area (Å²) in [5, 5.41) is 2.96. The molecule has 0 spiro atoms. The van der Waals surface area contributed by atoms with Crippen LogP contribution in [0.25, 0.3) is 11.4 Å². The van der Waals surface area contributed by atoms with Gasteiger partial charge in [-0.2, -0.15) is 4.98 Å². The number of para-hydroxylation sites is 1. The van der Waals surface area contributed by atoms with Crippen LogP contribution in [0, 0.1) is 6.92 Å². The highest BCUT2D eigenvalue weighted by Gasteiger charge is 2.19. The van der Waals surface area contributed by atoms with E-state index in [2.05, 4.69) is 15.3 Å². The second kappa shape index (κ2) is 8.97. The third-order valence-electron chi connectivity index (χ3n) is 5.33. The minimum atomic E-state index is -0.668. The number of aromatic nitrogens is 4. The number of nitrogens with zero attached hydrogens (tertiary/aromatic N) is 4. The molecule has 1 N–H and O–H groups in total. The predicted molar refractivity (Wildman–Crippen MR) is 122 cm³/mol. The molecule has 1 amide bonds. The Hall–Kier alpha value is -4.07. The van der Waals surface area contributed by atoms with Crippen LogP contribution < -0.4 is 16.6 Å². The van der Waals surface area contributed by atoms with E-state index in [1.165, 1.54) is 4.57 Å². The molecule has 0 bridgehead atoms. The minimum Gasteiger partial charge on any atom is -0.324 e. The van der Waals surface area contributed by atoms with Crippen molar-refractivity contribution >= 4 is 11.6 Å². The molecular formula is C24H23N5O3. The van der Waals surface area contributed by atoms with Gasteiger partial charge in [0.25, 0.3) is 5.56 Å². The van der Waals surface area contributed by atoms with E-state index >= 15 is 0 Å². The third-order valence-corrected chi connectivity index (χ3v) is 5.33. The molecule has 0 saturated carbocycles. The molecule has 2 aliphatic heterocycles. The monoisotopic (exact) mass is 429 g/mol. The van der Waals surface area contributed by atoms with Gasteiger partial charge in [0.1, 0.15) is 6.54 Å². The maximum Gasteiger partial charge on any atom is 0.352 e. The largest absolute Gasteiger partial charge is 0.352 e. The molecule has 4 rings (SSSR count). The van der Waals surface area contributed by atoms with Crippen LogP contribution in [-0.4, -0.2) is 25.0 Å². The Morgan fingerprint density at radius 3 is 2.69 bits per heavy atom. The van der Waals surface area contributed by atoms with Crippen LogP contribution in [0.5, 0.6) is 0 Å². The number of nitrogens with one attached hydrogen (secondary N) is 1. The van der Waals surface area contributed by atoms with Gasteiger partial charge in [-0.1, -0.05) is 31.2 Å². The fraction of sp³-hybridized carbons (Fsp3) is 0.208. The van der Waals surface area contributed by atoms with E-state index in [9.17, 15) is 14.4 Å². The number of rotatable bonds is 6. The van der Waals surface area contributed by atoms with Crippen LogP contribution in [0.15, 0.2) is 70.6 Å². The highest BCUT2D eigenvalue weighted by atomic mass is 16.2. The van der Waals surface area contributed by atoms with Gasteiger partial charge in [-0.05, 0) is 48.2 Å². The standard InChI is InChI=1S/C24H23N5O3/c1-3-18-9-4-7-16(2)21(18)26-20(30)15-28-12-6-10-19-22(28)27-24(32)29(23(19)31)14-17-8-5-11-25-13-17/h4-13H,3,14-15H2,1-2H3,(H,26,30). The molecule has 0 unspecified atom stereocenters. The summed E-state index contributed by atoms with van der Waals surface area (Å²) in [6, 6.07) is 12.7. The lowest BCUT2D eigenvalue weighted by Crippen LogP contribution is -2.38. The fourth-order valence-electron chi connectivity index (χ4n) is 3.69. The van der Waals surface area contributed by atoms with Crippen LogP contribution in [0.3, 0.4) is 0 Å². The minimum absolute atomic E-state index is 0.0761. The van der Waals surface area contributed by atoms with Gasteiger partial charge in [-0.3, -0.25) is 19.1 Å². The van der Waals surface area contributed by atoms with Gasteiger partial charge >= 0.3 is 5.69 Å². The van der Waals surface area contributed by atoms with Gasteiger partial charge in [-0.15, -0.1) is 0 Å². The maximum atomic E-state index is 13.0. The molecule has 2 aromatic rings. The third kappa shape index (κ3) is 4.20. The molecule has 0 fully saturated rings. The summed E-state index contributed by atoms with van der Waals surface area (Å²) in [5.41, 5.74) is 2.68. The SMILES string of the molecule is CCc1cccc(C)c1NC(=O)Cn1cccc2c(=O)n(Cc3cccnc3)c(=O)nc1-2. The topological polar surface area (TPSA) is 98.9 Å². The molecule has 0 radical (unpaired) electrons. The Morgan fingerprint density at radius 2 is 1.94 bits per heavy atom. The van der Waals surface area contributed by atoms with Gasteiger partial charge in [0.05, 0.1) is 12.1 Å². The number of anilines is 1. The first-order valence-electron chi connectivity index (χ1n) is 10.3. The van der Waals surface area contributed by atoms with Gasteiger partial charge in [0.2, 0.25) is 5.91 Å². The Labute approximate surface area is 184 Å². The second-order valence-corrected chi connectivity index (χ2v) is 7.53. The maximum absolute atomic E-state index is 13.0. The lowest BCUT2D eigenvalue weighted by Gasteiger charge is -2.17. The average Bonchev–Trinajstić information content (AvgIpc) is 2.79. The summed E-state index contributed by atoms with van der Waals surface area (Å²) in [4.78, 5) is 46.6. The van der Waals surface area contributed by atoms with Crippen molar-refractivity contribution in [1.29, 1.82) is 0 Å². The highest BCUT2D eigenvalue weighted by molar-refractivity contribution is 5.92. The summed E-state index contributed by atoms with van der Waals surface area (Å²) in [6.45, 7) is 3.97. The van der Waals surface area contributed by atoms with Gasteiger partial charge in [0.15, 0.2) is 5.82 Å². The molecule has 1 aromatic carbocycles. The van der Waals surface area contributed by atoms with Crippen LogP contribution in [-0.2, 0) is 24.3 Å². The molecule has 32 heavy (non-hydrogen) atoms. The number of benzene rings is 1. The van der Waals surface area contributed by atoms with Crippen molar-refractivity contribution in [1.82, 2.24) is 19.1 Å². The van der Waals surface area contributed by atoms with E-state index < -0.39 is 11.2 Å². The Bertz CT molecular complexity index is 1360. The second-order valence-electron chi connectivity index (χ2n) is 7.53. The quantitative estimate of drug-likeness (QED) is 0.508. The van der Waals surface area contributed by atoms with E-state index in [1.807, 2.05) is 32.0 Å². The summed E-state index contributed by atoms with van der Waals surface area (Å²) < 4.78 is 2.59. The smallest absolute Gasteiger partial charge is 0.324 e. The first kappa shape index (κ1) is 21.2. The molecular weight excluding hydrogens is 406 g/mol. The lowest BCUT2D eigenvalue weighted by molar-refractivity contribution is -0.116. The van der Waals surface area contributed by atoms with E-state index in [0.717, 1.165) is 33.4 Å². The molecule has 162 valence electrons. The normalized spacial score (nSPS) is 10.9. The number of aryl methyl sites for hydroxylation is 2. The zero-order valence-corrected chi connectivity index (χ0v) is 17.9. The Balaban J connectivity index is 1.65. The number of amides is 1. The van der Waals surface area contributed by atoms with Crippen LogP contribution in [0.4, 0.5) is 5.69 Å². The number of fused-ring (bicyclic) bond motifs is 1. The van der Waals surface area contributed by atoms with E-state index in [4.69, 9.17) is 0 Å². The summed E-state index contributed by atoms with van der Waals surface area (Å²) in [5.74, 6) is -0.0825. The van der Waals surface area contributed by atoms with Crippen molar-refractivity contribution < 1.29 is 4.79 Å². The lowest BCUT2D eigenvalue weighted by atomic mass is 10.1. The van der Waals surface area contributed by atoms with Gasteiger partial charge in [0, 0.05) is 24.3 Å². The highest BCUT2D eigenvalue weighted by Crippen LogP contribution is 2.21. The number of hydrogen-bond acceptors (Lipinski definition) is 5. The molecule has 1 aromatic heterocycles. The van der Waals surface area contributed by atoms with Crippen molar-refractivity contribution in [3.63, 3.8) is 0 Å². The summed E-state index contributed by atoms with van der Waals surface area (Å²) >= 11 is 0. The number of carbonyl (C=O) groups excluding carboxylic acids is 1. The van der Waals surface area contributed by atoms with Crippen molar-refractivity contribution in [3.05, 3.63) is 98.6 Å². The fourth-order valence-corrected chi connectivity index (χ4v) is 3.69. The van der Waals surface area contributed by atoms with Gasteiger partial charge in [-0.25, -0.2) is 4.79 Å². The average molecular weight is 429 g/mol. The number of carbonyl (C=O) groups is 1. The molecule has 8 nitrogen and oxygen atoms in total. The number of hydrogen-bond donors (Lipinski definition) is 1. The molecule has 0 saturated heterocycles. The molecule has 2 aliphatic rings.